The molecule has 7 heteroatoms. The van der Waals surface area contributed by atoms with Gasteiger partial charge in [0.25, 0.3) is 5.56 Å². The van der Waals surface area contributed by atoms with Gasteiger partial charge in [-0.05, 0) is 0 Å². The highest BCUT2D eigenvalue weighted by Crippen LogP contribution is 2.13. The van der Waals surface area contributed by atoms with Crippen molar-refractivity contribution in [1.29, 1.82) is 0 Å². The van der Waals surface area contributed by atoms with Crippen molar-refractivity contribution in [1.82, 2.24) is 9.97 Å². The number of carbonyl (C=O) groups is 1. The number of rotatable bonds is 4. The summed E-state index contributed by atoms with van der Waals surface area (Å²) in [5, 5.41) is 2.37. The van der Waals surface area contributed by atoms with Gasteiger partial charge in [-0.3, -0.25) is 19.9 Å². The third-order valence-corrected chi connectivity index (χ3v) is 1.73. The molecule has 0 bridgehead atoms. The van der Waals surface area contributed by atoms with E-state index in [2.05, 4.69) is 15.3 Å². The minimum Gasteiger partial charge on any atom is -0.350 e. The normalized spacial score (nSPS) is 10.5. The number of aromatic nitrogens is 2. The molecule has 0 saturated heterocycles. The van der Waals surface area contributed by atoms with Crippen molar-refractivity contribution < 1.29 is 14.3 Å². The van der Waals surface area contributed by atoms with Crippen LogP contribution in [-0.2, 0) is 14.3 Å². The Morgan fingerprint density at radius 3 is 2.62 bits per heavy atom. The van der Waals surface area contributed by atoms with Gasteiger partial charge in [0.1, 0.15) is 5.69 Å². The van der Waals surface area contributed by atoms with E-state index >= 15 is 0 Å². The fourth-order valence-corrected chi connectivity index (χ4v) is 1.16. The van der Waals surface area contributed by atoms with Crippen LogP contribution in [0.5, 0.6) is 0 Å². The predicted octanol–water partition coefficient (Wildman–Crippen LogP) is 0.0197. The topological polar surface area (TPSA) is 93.3 Å². The number of nitrogens with one attached hydrogen (secondary N) is 2. The summed E-state index contributed by atoms with van der Waals surface area (Å²) >= 11 is 0. The van der Waals surface area contributed by atoms with Crippen LogP contribution in [-0.4, -0.2) is 30.1 Å². The summed E-state index contributed by atoms with van der Waals surface area (Å²) in [6.07, 6.45) is -0.741. The molecule has 1 aromatic heterocycles. The first-order chi connectivity index (χ1) is 7.56. The molecule has 88 valence electrons. The molecule has 0 aliphatic heterocycles. The van der Waals surface area contributed by atoms with Gasteiger partial charge >= 0.3 is 0 Å². The Kier molecular flexibility index (Phi) is 4.15. The van der Waals surface area contributed by atoms with Gasteiger partial charge in [0.2, 0.25) is 18.1 Å². The van der Waals surface area contributed by atoms with E-state index in [9.17, 15) is 9.59 Å². The summed E-state index contributed by atoms with van der Waals surface area (Å²) in [6, 6.07) is 1.24. The molecule has 0 saturated carbocycles. The lowest BCUT2D eigenvalue weighted by Crippen LogP contribution is -2.19. The van der Waals surface area contributed by atoms with Crippen molar-refractivity contribution in [3.63, 3.8) is 0 Å². The van der Waals surface area contributed by atoms with Gasteiger partial charge in [-0.15, -0.1) is 0 Å². The van der Waals surface area contributed by atoms with E-state index in [1.807, 2.05) is 0 Å². The fourth-order valence-electron chi connectivity index (χ4n) is 1.16. The number of anilines is 1. The van der Waals surface area contributed by atoms with Gasteiger partial charge in [0, 0.05) is 27.2 Å². The van der Waals surface area contributed by atoms with Gasteiger partial charge in [0.15, 0.2) is 0 Å². The molecule has 16 heavy (non-hydrogen) atoms. The number of ether oxygens (including phenoxy) is 2. The minimum absolute atomic E-state index is 0.0640. The molecule has 1 aromatic rings. The van der Waals surface area contributed by atoms with Crippen LogP contribution in [0, 0.1) is 0 Å². The zero-order chi connectivity index (χ0) is 12.1. The minimum atomic E-state index is -0.741. The monoisotopic (exact) mass is 227 g/mol. The Morgan fingerprint density at radius 1 is 1.50 bits per heavy atom. The van der Waals surface area contributed by atoms with E-state index in [0.717, 1.165) is 0 Å². The molecule has 1 rings (SSSR count). The SMILES string of the molecule is COC(OC)c1cc(=O)[nH]c(NC(C)=O)n1. The molecule has 7 nitrogen and oxygen atoms in total. The lowest BCUT2D eigenvalue weighted by molar-refractivity contribution is -0.114. The molecular weight excluding hydrogens is 214 g/mol. The molecule has 0 aromatic carbocycles. The van der Waals surface area contributed by atoms with Crippen molar-refractivity contribution in [2.75, 3.05) is 19.5 Å². The maximum atomic E-state index is 11.3. The number of carbonyl (C=O) groups excluding carboxylic acids is 1. The second kappa shape index (κ2) is 5.38. The molecule has 0 fully saturated rings. The summed E-state index contributed by atoms with van der Waals surface area (Å²) in [7, 11) is 2.85. The standard InChI is InChI=1S/C9H13N3O4/c1-5(13)10-9-11-6(4-7(14)12-9)8(15-2)16-3/h4,8H,1-3H3,(H2,10,11,12,13,14). The van der Waals surface area contributed by atoms with Gasteiger partial charge in [0.05, 0.1) is 0 Å². The maximum Gasteiger partial charge on any atom is 0.252 e. The van der Waals surface area contributed by atoms with Gasteiger partial charge in [-0.25, -0.2) is 4.98 Å². The molecule has 0 unspecified atom stereocenters. The van der Waals surface area contributed by atoms with Crippen LogP contribution < -0.4 is 10.9 Å². The number of H-pyrrole nitrogens is 1. The molecule has 2 N–H and O–H groups in total. The first kappa shape index (κ1) is 12.3. The zero-order valence-corrected chi connectivity index (χ0v) is 9.23. The highest BCUT2D eigenvalue weighted by atomic mass is 16.7. The number of hydrogen-bond donors (Lipinski definition) is 2. The van der Waals surface area contributed by atoms with Gasteiger partial charge in [-0.2, -0.15) is 0 Å². The van der Waals surface area contributed by atoms with Crippen LogP contribution in [0.2, 0.25) is 0 Å². The van der Waals surface area contributed by atoms with E-state index in [4.69, 9.17) is 9.47 Å². The van der Waals surface area contributed by atoms with Crippen LogP contribution in [0.4, 0.5) is 5.95 Å². The van der Waals surface area contributed by atoms with Crippen LogP contribution in [0.1, 0.15) is 18.9 Å². The quantitative estimate of drug-likeness (QED) is 0.707. The van der Waals surface area contributed by atoms with Crippen molar-refractivity contribution in [2.45, 2.75) is 13.2 Å². The molecule has 0 radical (unpaired) electrons. The summed E-state index contributed by atoms with van der Waals surface area (Å²) in [5.41, 5.74) is -0.106. The summed E-state index contributed by atoms with van der Waals surface area (Å²) < 4.78 is 9.90. The summed E-state index contributed by atoms with van der Waals surface area (Å²) in [5.74, 6) is -0.263. The zero-order valence-electron chi connectivity index (χ0n) is 9.23. The second-order valence-electron chi connectivity index (χ2n) is 3.00. The largest absolute Gasteiger partial charge is 0.350 e. The third-order valence-electron chi connectivity index (χ3n) is 1.73. The van der Waals surface area contributed by atoms with Crippen molar-refractivity contribution >= 4 is 11.9 Å². The van der Waals surface area contributed by atoms with E-state index < -0.39 is 11.8 Å². The smallest absolute Gasteiger partial charge is 0.252 e. The molecule has 0 aliphatic carbocycles. The van der Waals surface area contributed by atoms with Crippen molar-refractivity contribution in [2.24, 2.45) is 0 Å². The number of methoxy groups -OCH3 is 2. The number of amides is 1. The number of nitrogens with zero attached hydrogens (tertiary/aromatic N) is 1. The van der Waals surface area contributed by atoms with Gasteiger partial charge < -0.3 is 9.47 Å². The molecule has 1 heterocycles. The Labute approximate surface area is 91.8 Å². The average molecular weight is 227 g/mol. The second-order valence-corrected chi connectivity index (χ2v) is 3.00. The summed E-state index contributed by atoms with van der Waals surface area (Å²) in [6.45, 7) is 1.32. The van der Waals surface area contributed by atoms with Crippen molar-refractivity contribution in [3.05, 3.63) is 22.1 Å². The Hall–Kier alpha value is -1.73. The van der Waals surface area contributed by atoms with E-state index in [1.54, 1.807) is 0 Å². The Bertz CT molecular complexity index is 425. The van der Waals surface area contributed by atoms with E-state index in [-0.39, 0.29) is 17.5 Å². The average Bonchev–Trinajstić information content (AvgIpc) is 2.17. The van der Waals surface area contributed by atoms with Gasteiger partial charge in [-0.1, -0.05) is 0 Å². The Morgan fingerprint density at radius 2 is 2.12 bits per heavy atom. The van der Waals surface area contributed by atoms with Crippen molar-refractivity contribution in [3.8, 4) is 0 Å². The maximum absolute atomic E-state index is 11.3. The fraction of sp³-hybridized carbons (Fsp3) is 0.444. The predicted molar refractivity (Wildman–Crippen MR) is 55.9 cm³/mol. The van der Waals surface area contributed by atoms with E-state index in [0.29, 0.717) is 0 Å². The lowest BCUT2D eigenvalue weighted by atomic mass is 10.4. The molecule has 0 spiro atoms. The highest BCUT2D eigenvalue weighted by Gasteiger charge is 2.13. The Balaban J connectivity index is 3.06. The molecule has 1 amide bonds. The van der Waals surface area contributed by atoms with Crippen LogP contribution in [0.3, 0.4) is 0 Å². The molecular formula is C9H13N3O4. The number of hydrogen-bond acceptors (Lipinski definition) is 5. The summed E-state index contributed by atoms with van der Waals surface area (Å²) in [4.78, 5) is 28.4. The molecule has 0 atom stereocenters. The van der Waals surface area contributed by atoms with E-state index in [1.165, 1.54) is 27.2 Å². The first-order valence-corrected chi connectivity index (χ1v) is 4.51. The molecule has 0 aliphatic rings. The number of aromatic amines is 1. The third kappa shape index (κ3) is 3.14. The lowest BCUT2D eigenvalue weighted by Gasteiger charge is -2.12. The highest BCUT2D eigenvalue weighted by molar-refractivity contribution is 5.86. The van der Waals surface area contributed by atoms with Crippen LogP contribution in [0.15, 0.2) is 10.9 Å². The first-order valence-electron chi connectivity index (χ1n) is 4.51. The van der Waals surface area contributed by atoms with Crippen LogP contribution >= 0.6 is 0 Å². The van der Waals surface area contributed by atoms with Crippen LogP contribution in [0.25, 0.3) is 0 Å².